The smallest absolute Gasteiger partial charge is 0.156 e. The predicted octanol–water partition coefficient (Wildman–Crippen LogP) is 2.15. The van der Waals surface area contributed by atoms with Gasteiger partial charge in [-0.15, -0.1) is 0 Å². The third-order valence-corrected chi connectivity index (χ3v) is 3.42. The number of anilines is 1. The third kappa shape index (κ3) is 1.98. The lowest BCUT2D eigenvalue weighted by Gasteiger charge is -2.04. The second kappa shape index (κ2) is 4.58. The van der Waals surface area contributed by atoms with Gasteiger partial charge in [0.1, 0.15) is 16.4 Å². The summed E-state index contributed by atoms with van der Waals surface area (Å²) in [5.41, 5.74) is 6.68. The van der Waals surface area contributed by atoms with Gasteiger partial charge in [0.25, 0.3) is 0 Å². The summed E-state index contributed by atoms with van der Waals surface area (Å²) in [5, 5.41) is 2.46. The molecule has 5 nitrogen and oxygen atoms in total. The molecule has 3 aromatic rings. The Labute approximate surface area is 108 Å². The summed E-state index contributed by atoms with van der Waals surface area (Å²) < 4.78 is 0. The lowest BCUT2D eigenvalue weighted by molar-refractivity contribution is 1.05. The maximum Gasteiger partial charge on any atom is 0.156 e. The number of rotatable bonds is 2. The minimum absolute atomic E-state index is 0.408. The molecule has 0 saturated carbocycles. The van der Waals surface area contributed by atoms with E-state index < -0.39 is 0 Å². The number of benzene rings is 1. The van der Waals surface area contributed by atoms with Crippen LogP contribution in [0.5, 0.6) is 0 Å². The van der Waals surface area contributed by atoms with Gasteiger partial charge in [0.15, 0.2) is 5.82 Å². The van der Waals surface area contributed by atoms with Crippen molar-refractivity contribution in [2.45, 2.75) is 10.1 Å². The van der Waals surface area contributed by atoms with E-state index in [2.05, 4.69) is 19.9 Å². The molecule has 2 N–H and O–H groups in total. The first-order valence-electron chi connectivity index (χ1n) is 5.28. The molecule has 2 heterocycles. The van der Waals surface area contributed by atoms with Gasteiger partial charge >= 0.3 is 0 Å². The zero-order valence-electron chi connectivity index (χ0n) is 9.32. The molecule has 0 aliphatic rings. The molecule has 0 aliphatic heterocycles. The average Bonchev–Trinajstić information content (AvgIpc) is 2.42. The highest BCUT2D eigenvalue weighted by atomic mass is 32.2. The molecule has 1 aromatic carbocycles. The van der Waals surface area contributed by atoms with Crippen molar-refractivity contribution in [2.24, 2.45) is 0 Å². The highest BCUT2D eigenvalue weighted by Gasteiger charge is 2.08. The summed E-state index contributed by atoms with van der Waals surface area (Å²) in [6.07, 6.45) is 4.72. The Balaban J connectivity index is 2.08. The third-order valence-electron chi connectivity index (χ3n) is 2.39. The summed E-state index contributed by atoms with van der Waals surface area (Å²) in [4.78, 5) is 16.7. The highest BCUT2D eigenvalue weighted by molar-refractivity contribution is 7.99. The number of nitrogens with two attached hydrogens (primary N) is 1. The summed E-state index contributed by atoms with van der Waals surface area (Å²) in [7, 11) is 0. The number of hydrogen-bond donors (Lipinski definition) is 1. The van der Waals surface area contributed by atoms with Gasteiger partial charge in [0.2, 0.25) is 0 Å². The van der Waals surface area contributed by atoms with Gasteiger partial charge in [0, 0.05) is 17.8 Å². The monoisotopic (exact) mass is 255 g/mol. The minimum atomic E-state index is 0.408. The molecule has 0 radical (unpaired) electrons. The van der Waals surface area contributed by atoms with Crippen molar-refractivity contribution in [3.05, 3.63) is 43.0 Å². The molecule has 0 amide bonds. The maximum atomic E-state index is 5.77. The summed E-state index contributed by atoms with van der Waals surface area (Å²) in [6.45, 7) is 0. The Morgan fingerprint density at radius 2 is 1.72 bits per heavy atom. The number of nitrogen functional groups attached to an aromatic ring is 1. The second-order valence-corrected chi connectivity index (χ2v) is 4.52. The van der Waals surface area contributed by atoms with Crippen molar-refractivity contribution >= 4 is 28.5 Å². The van der Waals surface area contributed by atoms with E-state index in [-0.39, 0.29) is 0 Å². The van der Waals surface area contributed by atoms with Crippen molar-refractivity contribution in [3.63, 3.8) is 0 Å². The fourth-order valence-corrected chi connectivity index (χ4v) is 2.40. The van der Waals surface area contributed by atoms with Crippen LogP contribution in [0.25, 0.3) is 10.9 Å². The largest absolute Gasteiger partial charge is 0.381 e. The van der Waals surface area contributed by atoms with Crippen LogP contribution in [-0.4, -0.2) is 19.9 Å². The lowest BCUT2D eigenvalue weighted by Crippen LogP contribution is -1.95. The van der Waals surface area contributed by atoms with E-state index in [1.807, 2.05) is 24.3 Å². The van der Waals surface area contributed by atoms with Crippen LogP contribution in [0.1, 0.15) is 0 Å². The predicted molar refractivity (Wildman–Crippen MR) is 70.1 cm³/mol. The van der Waals surface area contributed by atoms with Gasteiger partial charge in [-0.3, -0.25) is 0 Å². The molecule has 0 bridgehead atoms. The van der Waals surface area contributed by atoms with Crippen LogP contribution in [0.4, 0.5) is 5.82 Å². The van der Waals surface area contributed by atoms with E-state index in [4.69, 9.17) is 5.73 Å². The average molecular weight is 255 g/mol. The van der Waals surface area contributed by atoms with Gasteiger partial charge in [-0.25, -0.2) is 19.9 Å². The van der Waals surface area contributed by atoms with Crippen LogP contribution in [-0.2, 0) is 0 Å². The van der Waals surface area contributed by atoms with Crippen molar-refractivity contribution in [1.82, 2.24) is 19.9 Å². The van der Waals surface area contributed by atoms with E-state index in [0.717, 1.165) is 15.9 Å². The van der Waals surface area contributed by atoms with E-state index >= 15 is 0 Å². The molecule has 0 spiro atoms. The van der Waals surface area contributed by atoms with Crippen LogP contribution in [0.3, 0.4) is 0 Å². The SMILES string of the molecule is Nc1nccnc1Sc1ncnc2ccccc12. The second-order valence-electron chi connectivity index (χ2n) is 3.54. The molecule has 18 heavy (non-hydrogen) atoms. The number of nitrogens with zero attached hydrogens (tertiary/aromatic N) is 4. The van der Waals surface area contributed by atoms with E-state index in [9.17, 15) is 0 Å². The Kier molecular flexibility index (Phi) is 2.77. The van der Waals surface area contributed by atoms with E-state index in [1.165, 1.54) is 18.1 Å². The van der Waals surface area contributed by atoms with Gasteiger partial charge in [-0.05, 0) is 17.8 Å². The van der Waals surface area contributed by atoms with Crippen molar-refractivity contribution < 1.29 is 0 Å². The minimum Gasteiger partial charge on any atom is -0.381 e. The number of aromatic nitrogens is 4. The number of hydrogen-bond acceptors (Lipinski definition) is 6. The fraction of sp³-hybridized carbons (Fsp3) is 0. The normalized spacial score (nSPS) is 10.7. The van der Waals surface area contributed by atoms with Crippen LogP contribution >= 0.6 is 11.8 Å². The standard InChI is InChI=1S/C12H9N5S/c13-10-12(15-6-5-14-10)18-11-8-3-1-2-4-9(8)16-7-17-11/h1-7H,(H2,13,14). The molecule has 3 rings (SSSR count). The summed E-state index contributed by atoms with van der Waals surface area (Å²) >= 11 is 1.39. The van der Waals surface area contributed by atoms with Crippen molar-refractivity contribution in [1.29, 1.82) is 0 Å². The lowest BCUT2D eigenvalue weighted by atomic mass is 10.2. The molecule has 0 fully saturated rings. The topological polar surface area (TPSA) is 77.6 Å². The fourth-order valence-electron chi connectivity index (χ4n) is 1.57. The molecule has 0 saturated heterocycles. The molecule has 6 heteroatoms. The van der Waals surface area contributed by atoms with Crippen LogP contribution in [0.2, 0.25) is 0 Å². The van der Waals surface area contributed by atoms with Crippen LogP contribution in [0.15, 0.2) is 53.0 Å². The van der Waals surface area contributed by atoms with Gasteiger partial charge in [0.05, 0.1) is 5.52 Å². The Morgan fingerprint density at radius 3 is 2.61 bits per heavy atom. The zero-order chi connectivity index (χ0) is 12.4. The quantitative estimate of drug-likeness (QED) is 0.707. The molecule has 2 aromatic heterocycles. The first-order valence-corrected chi connectivity index (χ1v) is 6.10. The van der Waals surface area contributed by atoms with E-state index in [1.54, 1.807) is 12.4 Å². The van der Waals surface area contributed by atoms with Crippen molar-refractivity contribution in [3.8, 4) is 0 Å². The maximum absolute atomic E-state index is 5.77. The molecule has 0 aliphatic carbocycles. The van der Waals surface area contributed by atoms with Gasteiger partial charge in [-0.2, -0.15) is 0 Å². The van der Waals surface area contributed by atoms with Gasteiger partial charge in [-0.1, -0.05) is 18.2 Å². The molecule has 88 valence electrons. The Morgan fingerprint density at radius 1 is 0.889 bits per heavy atom. The number of fused-ring (bicyclic) bond motifs is 1. The Bertz CT molecular complexity index is 695. The molecule has 0 unspecified atom stereocenters. The highest BCUT2D eigenvalue weighted by Crippen LogP contribution is 2.31. The van der Waals surface area contributed by atoms with Crippen LogP contribution in [0, 0.1) is 0 Å². The molecular formula is C12H9N5S. The zero-order valence-corrected chi connectivity index (χ0v) is 10.1. The first-order chi connectivity index (χ1) is 8.84. The first kappa shape index (κ1) is 10.9. The van der Waals surface area contributed by atoms with E-state index in [0.29, 0.717) is 10.8 Å². The van der Waals surface area contributed by atoms with Crippen LogP contribution < -0.4 is 5.73 Å². The number of para-hydroxylation sites is 1. The summed E-state index contributed by atoms with van der Waals surface area (Å²) in [6, 6.07) is 7.82. The molecule has 0 atom stereocenters. The van der Waals surface area contributed by atoms with Gasteiger partial charge < -0.3 is 5.73 Å². The van der Waals surface area contributed by atoms with Crippen molar-refractivity contribution in [2.75, 3.05) is 5.73 Å². The molecular weight excluding hydrogens is 246 g/mol. The Hall–Kier alpha value is -2.21. The summed E-state index contributed by atoms with van der Waals surface area (Å²) in [5.74, 6) is 0.408.